The summed E-state index contributed by atoms with van der Waals surface area (Å²) >= 11 is 2.23. The van der Waals surface area contributed by atoms with Gasteiger partial charge in [0.05, 0.1) is 21.1 Å². The average Bonchev–Trinajstić information content (AvgIpc) is 3.41. The molecule has 0 amide bonds. The van der Waals surface area contributed by atoms with E-state index < -0.39 is 10.8 Å². The fourth-order valence-corrected chi connectivity index (χ4v) is 6.55. The van der Waals surface area contributed by atoms with Crippen LogP contribution in [0.3, 0.4) is 0 Å². The van der Waals surface area contributed by atoms with E-state index in [9.17, 15) is 9.47 Å². The van der Waals surface area contributed by atoms with Crippen LogP contribution in [0.1, 0.15) is 56.3 Å². The Morgan fingerprint density at radius 3 is 2.79 bits per heavy atom. The average molecular weight is 590 g/mol. The van der Waals surface area contributed by atoms with Gasteiger partial charge in [0.1, 0.15) is 6.33 Å². The molecule has 1 N–H and O–H groups in total. The predicted molar refractivity (Wildman–Crippen MR) is 141 cm³/mol. The van der Waals surface area contributed by atoms with E-state index >= 15 is 0 Å². The molecule has 1 saturated heterocycles. The maximum absolute atomic E-state index is 12.9. The van der Waals surface area contributed by atoms with E-state index in [1.165, 1.54) is 5.56 Å². The fraction of sp³-hybridized carbons (Fsp3) is 0.500. The maximum atomic E-state index is 12.9. The molecule has 1 unspecified atom stereocenters. The molecule has 0 radical (unpaired) electrons. The minimum Gasteiger partial charge on any atom is -0.342 e. The fourth-order valence-electron chi connectivity index (χ4n) is 5.29. The van der Waals surface area contributed by atoms with Crippen molar-refractivity contribution in [1.29, 1.82) is 5.26 Å². The third kappa shape index (κ3) is 4.01. The van der Waals surface area contributed by atoms with Crippen molar-refractivity contribution in [2.45, 2.75) is 50.8 Å². The van der Waals surface area contributed by atoms with Crippen molar-refractivity contribution < 1.29 is 4.21 Å². The van der Waals surface area contributed by atoms with Gasteiger partial charge in [-0.1, -0.05) is 12.1 Å². The van der Waals surface area contributed by atoms with Crippen LogP contribution >= 0.6 is 22.6 Å². The van der Waals surface area contributed by atoms with Crippen molar-refractivity contribution >= 4 is 45.0 Å². The van der Waals surface area contributed by atoms with Crippen LogP contribution in [0.25, 0.3) is 5.65 Å². The highest BCUT2D eigenvalue weighted by Gasteiger charge is 2.48. The van der Waals surface area contributed by atoms with Crippen LogP contribution in [0.2, 0.25) is 0 Å². The third-order valence-electron chi connectivity index (χ3n) is 7.20. The van der Waals surface area contributed by atoms with Gasteiger partial charge in [-0.2, -0.15) is 5.26 Å². The molecular weight excluding hydrogens is 561 g/mol. The van der Waals surface area contributed by atoms with Gasteiger partial charge in [-0.05, 0) is 85.2 Å². The highest BCUT2D eigenvalue weighted by molar-refractivity contribution is 14.1. The summed E-state index contributed by atoms with van der Waals surface area (Å²) in [5.41, 5.74) is 3.88. The summed E-state index contributed by atoms with van der Waals surface area (Å²) in [6.45, 7) is 7.72. The monoisotopic (exact) mass is 589 g/mol. The second-order valence-corrected chi connectivity index (χ2v) is 13.5. The first-order valence-corrected chi connectivity index (χ1v) is 13.9. The van der Waals surface area contributed by atoms with E-state index in [4.69, 9.17) is 4.98 Å². The molecule has 0 bridgehead atoms. The van der Waals surface area contributed by atoms with Gasteiger partial charge in [0, 0.05) is 40.9 Å². The van der Waals surface area contributed by atoms with Gasteiger partial charge >= 0.3 is 0 Å². The molecule has 2 aromatic heterocycles. The lowest BCUT2D eigenvalue weighted by Gasteiger charge is -2.44. The van der Waals surface area contributed by atoms with Crippen LogP contribution in [0.5, 0.6) is 0 Å². The number of aromatic nitrogens is 4. The topological polar surface area (TPSA) is 99.2 Å². The predicted octanol–water partition coefficient (Wildman–Crippen LogP) is 3.58. The van der Waals surface area contributed by atoms with Crippen molar-refractivity contribution in [1.82, 2.24) is 24.9 Å². The van der Waals surface area contributed by atoms with Crippen LogP contribution in [-0.2, 0) is 17.2 Å². The van der Waals surface area contributed by atoms with Gasteiger partial charge < -0.3 is 4.90 Å². The van der Waals surface area contributed by atoms with Crippen molar-refractivity contribution in [2.75, 3.05) is 23.9 Å². The number of rotatable bonds is 4. The van der Waals surface area contributed by atoms with Crippen LogP contribution in [0.15, 0.2) is 30.7 Å². The summed E-state index contributed by atoms with van der Waals surface area (Å²) in [4.78, 5) is 6.99. The van der Waals surface area contributed by atoms with Gasteiger partial charge in [0.2, 0.25) is 5.95 Å². The molecule has 3 heterocycles. The number of nitrogens with one attached hydrogen (secondary N) is 1. The zero-order chi connectivity index (χ0) is 24.1. The summed E-state index contributed by atoms with van der Waals surface area (Å²) < 4.78 is 15.5. The van der Waals surface area contributed by atoms with E-state index in [2.05, 4.69) is 55.1 Å². The Balaban J connectivity index is 1.43. The Morgan fingerprint density at radius 1 is 1.32 bits per heavy atom. The lowest BCUT2D eigenvalue weighted by molar-refractivity contribution is 0.164. The molecule has 178 valence electrons. The molecule has 34 heavy (non-hydrogen) atoms. The van der Waals surface area contributed by atoms with Gasteiger partial charge in [-0.3, -0.25) is 13.9 Å². The number of nitrogens with zero attached hydrogens (tertiary/aromatic N) is 6. The van der Waals surface area contributed by atoms with Crippen molar-refractivity contribution in [2.24, 2.45) is 5.41 Å². The summed E-state index contributed by atoms with van der Waals surface area (Å²) in [5.74, 6) is 1.30. The number of hydrogen-bond acceptors (Lipinski definition) is 7. The third-order valence-corrected chi connectivity index (χ3v) is 9.75. The molecule has 1 aliphatic carbocycles. The quantitative estimate of drug-likeness (QED) is 0.465. The first-order valence-electron chi connectivity index (χ1n) is 11.5. The molecular formula is C24H28IN7OS. The summed E-state index contributed by atoms with van der Waals surface area (Å²) in [7, 11) is -1.00. The molecule has 1 fully saturated rings. The Labute approximate surface area is 215 Å². The van der Waals surface area contributed by atoms with Crippen molar-refractivity contribution in [3.05, 3.63) is 51.0 Å². The Hall–Kier alpha value is -2.10. The number of benzene rings is 1. The number of nitriles is 1. The lowest BCUT2D eigenvalue weighted by atomic mass is 9.73. The smallest absolute Gasteiger partial charge is 0.212 e. The van der Waals surface area contributed by atoms with Crippen LogP contribution in [-0.4, -0.2) is 47.5 Å². The van der Waals surface area contributed by atoms with Gasteiger partial charge in [-0.15, -0.1) is 10.2 Å². The first kappa shape index (κ1) is 23.6. The normalized spacial score (nSPS) is 20.4. The van der Waals surface area contributed by atoms with E-state index in [1.807, 2.05) is 43.5 Å². The second-order valence-electron chi connectivity index (χ2n) is 10.2. The van der Waals surface area contributed by atoms with E-state index in [0.29, 0.717) is 5.88 Å². The van der Waals surface area contributed by atoms with Gasteiger partial charge in [-0.25, -0.2) is 4.98 Å². The number of anilines is 1. The lowest BCUT2D eigenvalue weighted by Crippen LogP contribution is -2.47. The molecule has 1 spiro atoms. The standard InChI is InChI=1S/C24H28IN7OS/c1-23(2,3)34(33)15-28-20-17-6-4-5-16(12-26)18(17)11-24(20)7-9-31(10-8-24)22-27-13-19(25)21-30-29-14-32(21)22/h4-6,13-14,20,28H,7-11,15H2,1-3H3/t20-,34?/m1/s1. The van der Waals surface area contributed by atoms with Gasteiger partial charge in [0.25, 0.3) is 0 Å². The van der Waals surface area contributed by atoms with Gasteiger partial charge in [0.15, 0.2) is 5.65 Å². The summed E-state index contributed by atoms with van der Waals surface area (Å²) in [5, 5.41) is 21.7. The van der Waals surface area contributed by atoms with Crippen LogP contribution in [0, 0.1) is 20.3 Å². The summed E-state index contributed by atoms with van der Waals surface area (Å²) in [6, 6.07) is 8.48. The Morgan fingerprint density at radius 2 is 2.09 bits per heavy atom. The Kier molecular flexibility index (Phi) is 6.14. The summed E-state index contributed by atoms with van der Waals surface area (Å²) in [6.07, 6.45) is 6.33. The second kappa shape index (κ2) is 8.84. The molecule has 10 heteroatoms. The first-order chi connectivity index (χ1) is 16.2. The Bertz CT molecular complexity index is 1300. The number of piperidine rings is 1. The minimum absolute atomic E-state index is 0.0244. The minimum atomic E-state index is -1.00. The molecule has 1 aromatic carbocycles. The van der Waals surface area contributed by atoms with Crippen LogP contribution < -0.4 is 10.2 Å². The molecule has 0 saturated carbocycles. The molecule has 3 aromatic rings. The maximum Gasteiger partial charge on any atom is 0.212 e. The van der Waals surface area contributed by atoms with E-state index in [0.717, 1.165) is 58.6 Å². The number of hydrogen-bond donors (Lipinski definition) is 1. The zero-order valence-corrected chi connectivity index (χ0v) is 22.6. The number of halogens is 1. The molecule has 8 nitrogen and oxygen atoms in total. The van der Waals surface area contributed by atoms with Crippen LogP contribution in [0.4, 0.5) is 5.95 Å². The number of fused-ring (bicyclic) bond motifs is 2. The van der Waals surface area contributed by atoms with Crippen molar-refractivity contribution in [3.63, 3.8) is 0 Å². The molecule has 1 aliphatic heterocycles. The highest BCUT2D eigenvalue weighted by atomic mass is 127. The van der Waals surface area contributed by atoms with E-state index in [-0.39, 0.29) is 16.2 Å². The SMILES string of the molecule is CC(C)(C)S(=O)CN[C@@H]1c2cccc(C#N)c2CC12CCN(c1ncc(I)c3nncn13)CC2. The highest BCUT2D eigenvalue weighted by Crippen LogP contribution is 2.53. The molecule has 2 atom stereocenters. The molecule has 2 aliphatic rings. The largest absolute Gasteiger partial charge is 0.342 e. The van der Waals surface area contributed by atoms with E-state index in [1.54, 1.807) is 6.33 Å². The van der Waals surface area contributed by atoms with Crippen molar-refractivity contribution in [3.8, 4) is 6.07 Å². The zero-order valence-electron chi connectivity index (χ0n) is 19.6. The molecule has 5 rings (SSSR count).